The third kappa shape index (κ3) is 2.42. The van der Waals surface area contributed by atoms with Crippen LogP contribution in [-0.2, 0) is 0 Å². The molecule has 0 saturated carbocycles. The molecular weight excluding hydrogens is 218 g/mol. The first-order valence-corrected chi connectivity index (χ1v) is 6.50. The molecule has 3 nitrogen and oxygen atoms in total. The van der Waals surface area contributed by atoms with Crippen LogP contribution >= 0.6 is 11.8 Å². The van der Waals surface area contributed by atoms with E-state index in [0.29, 0.717) is 16.5 Å². The molecule has 0 amide bonds. The van der Waals surface area contributed by atoms with Gasteiger partial charge in [0.1, 0.15) is 6.07 Å². The van der Waals surface area contributed by atoms with Crippen LogP contribution in [0.1, 0.15) is 18.4 Å². The topological polar surface area (TPSA) is 61.8 Å². The Morgan fingerprint density at radius 1 is 1.56 bits per heavy atom. The van der Waals surface area contributed by atoms with Crippen LogP contribution in [-0.4, -0.2) is 17.5 Å². The van der Waals surface area contributed by atoms with Gasteiger partial charge in [-0.3, -0.25) is 0 Å². The van der Waals surface area contributed by atoms with E-state index in [1.807, 2.05) is 23.9 Å². The van der Waals surface area contributed by atoms with Gasteiger partial charge in [0.2, 0.25) is 0 Å². The molecule has 1 unspecified atom stereocenters. The maximum absolute atomic E-state index is 8.86. The molecule has 1 heterocycles. The molecule has 0 radical (unpaired) electrons. The van der Waals surface area contributed by atoms with Gasteiger partial charge < -0.3 is 11.1 Å². The second-order valence-electron chi connectivity index (χ2n) is 3.89. The summed E-state index contributed by atoms with van der Waals surface area (Å²) in [4.78, 5) is 0. The molecule has 1 aliphatic rings. The second-order valence-corrected chi connectivity index (χ2v) is 5.30. The van der Waals surface area contributed by atoms with Gasteiger partial charge in [-0.1, -0.05) is 6.07 Å². The monoisotopic (exact) mass is 233 g/mol. The highest BCUT2D eigenvalue weighted by Gasteiger charge is 2.15. The zero-order chi connectivity index (χ0) is 11.4. The number of hydrogen-bond donors (Lipinski definition) is 2. The average Bonchev–Trinajstić information content (AvgIpc) is 2.81. The fourth-order valence-electron chi connectivity index (χ4n) is 1.85. The predicted octanol–water partition coefficient (Wildman–Crippen LogP) is 2.45. The van der Waals surface area contributed by atoms with E-state index in [9.17, 15) is 0 Å². The van der Waals surface area contributed by atoms with Crippen LogP contribution in [0.4, 0.5) is 11.4 Å². The van der Waals surface area contributed by atoms with Gasteiger partial charge in [-0.05, 0) is 30.7 Å². The number of nitrogens with one attached hydrogen (secondary N) is 1. The lowest BCUT2D eigenvalue weighted by molar-refractivity contribution is 0.805. The zero-order valence-electron chi connectivity index (χ0n) is 9.07. The summed E-state index contributed by atoms with van der Waals surface area (Å²) < 4.78 is 0. The highest BCUT2D eigenvalue weighted by Crippen LogP contribution is 2.28. The molecule has 3 N–H and O–H groups in total. The van der Waals surface area contributed by atoms with Crippen LogP contribution in [0.25, 0.3) is 0 Å². The SMILES string of the molecule is N#Cc1cccc(NCC2CCCS2)c1N. The largest absolute Gasteiger partial charge is 0.396 e. The molecule has 1 saturated heterocycles. The molecule has 0 aromatic heterocycles. The minimum atomic E-state index is 0.545. The van der Waals surface area contributed by atoms with Crippen molar-refractivity contribution >= 4 is 23.1 Å². The molecule has 0 spiro atoms. The Balaban J connectivity index is 2.01. The van der Waals surface area contributed by atoms with Crippen molar-refractivity contribution in [3.8, 4) is 6.07 Å². The fraction of sp³-hybridized carbons (Fsp3) is 0.417. The average molecular weight is 233 g/mol. The van der Waals surface area contributed by atoms with Crippen LogP contribution in [0.3, 0.4) is 0 Å². The molecule has 1 aromatic carbocycles. The van der Waals surface area contributed by atoms with E-state index in [4.69, 9.17) is 11.0 Å². The maximum Gasteiger partial charge on any atom is 0.101 e. The van der Waals surface area contributed by atoms with Crippen molar-refractivity contribution in [2.45, 2.75) is 18.1 Å². The summed E-state index contributed by atoms with van der Waals surface area (Å²) in [6.07, 6.45) is 2.58. The molecule has 0 bridgehead atoms. The van der Waals surface area contributed by atoms with Gasteiger partial charge in [0, 0.05) is 11.8 Å². The number of benzene rings is 1. The Morgan fingerprint density at radius 3 is 3.12 bits per heavy atom. The Bertz CT molecular complexity index is 405. The van der Waals surface area contributed by atoms with E-state index in [2.05, 4.69) is 11.4 Å². The molecule has 1 aliphatic heterocycles. The van der Waals surface area contributed by atoms with E-state index in [1.54, 1.807) is 6.07 Å². The molecule has 84 valence electrons. The van der Waals surface area contributed by atoms with Gasteiger partial charge in [-0.25, -0.2) is 0 Å². The molecule has 0 aliphatic carbocycles. The number of thioether (sulfide) groups is 1. The number of nitrogens with two attached hydrogens (primary N) is 1. The van der Waals surface area contributed by atoms with E-state index in [-0.39, 0.29) is 0 Å². The lowest BCUT2D eigenvalue weighted by Crippen LogP contribution is -2.14. The molecule has 4 heteroatoms. The van der Waals surface area contributed by atoms with Gasteiger partial charge >= 0.3 is 0 Å². The third-order valence-corrected chi connectivity index (χ3v) is 4.17. The number of nitrogens with zero attached hydrogens (tertiary/aromatic N) is 1. The van der Waals surface area contributed by atoms with Gasteiger partial charge in [0.25, 0.3) is 0 Å². The number of hydrogen-bond acceptors (Lipinski definition) is 4. The lowest BCUT2D eigenvalue weighted by atomic mass is 10.1. The Hall–Kier alpha value is -1.34. The van der Waals surface area contributed by atoms with Crippen molar-refractivity contribution in [3.05, 3.63) is 23.8 Å². The molecule has 2 rings (SSSR count). The van der Waals surface area contributed by atoms with Gasteiger partial charge in [-0.2, -0.15) is 17.0 Å². The van der Waals surface area contributed by atoms with Gasteiger partial charge in [0.15, 0.2) is 0 Å². The van der Waals surface area contributed by atoms with Crippen molar-refractivity contribution < 1.29 is 0 Å². The summed E-state index contributed by atoms with van der Waals surface area (Å²) in [5.41, 5.74) is 7.88. The minimum absolute atomic E-state index is 0.545. The Morgan fingerprint density at radius 2 is 2.44 bits per heavy atom. The van der Waals surface area contributed by atoms with E-state index < -0.39 is 0 Å². The van der Waals surface area contributed by atoms with Crippen molar-refractivity contribution in [2.75, 3.05) is 23.3 Å². The standard InChI is InChI=1S/C12H15N3S/c13-7-9-3-1-5-11(12(9)14)15-8-10-4-2-6-16-10/h1,3,5,10,15H,2,4,6,8,14H2. The van der Waals surface area contributed by atoms with Crippen molar-refractivity contribution in [1.29, 1.82) is 5.26 Å². The Labute approximate surface area is 100 Å². The third-order valence-electron chi connectivity index (χ3n) is 2.77. The summed E-state index contributed by atoms with van der Waals surface area (Å²) in [7, 11) is 0. The molecule has 16 heavy (non-hydrogen) atoms. The summed E-state index contributed by atoms with van der Waals surface area (Å²) in [5, 5.41) is 12.9. The van der Waals surface area contributed by atoms with E-state index in [1.165, 1.54) is 18.6 Å². The highest BCUT2D eigenvalue weighted by molar-refractivity contribution is 8.00. The lowest BCUT2D eigenvalue weighted by Gasteiger charge is -2.13. The molecule has 1 atom stereocenters. The van der Waals surface area contributed by atoms with Gasteiger partial charge in [0.05, 0.1) is 16.9 Å². The van der Waals surface area contributed by atoms with E-state index >= 15 is 0 Å². The minimum Gasteiger partial charge on any atom is -0.396 e. The van der Waals surface area contributed by atoms with Gasteiger partial charge in [-0.15, -0.1) is 0 Å². The van der Waals surface area contributed by atoms with Crippen molar-refractivity contribution in [1.82, 2.24) is 0 Å². The van der Waals surface area contributed by atoms with Crippen LogP contribution in [0.2, 0.25) is 0 Å². The van der Waals surface area contributed by atoms with Crippen LogP contribution in [0, 0.1) is 11.3 Å². The fourth-order valence-corrected chi connectivity index (χ4v) is 3.05. The smallest absolute Gasteiger partial charge is 0.101 e. The number of para-hydroxylation sites is 1. The summed E-state index contributed by atoms with van der Waals surface area (Å²) in [6, 6.07) is 7.62. The molecular formula is C12H15N3S. The number of nitriles is 1. The second kappa shape index (κ2) is 5.13. The van der Waals surface area contributed by atoms with Crippen LogP contribution in [0.15, 0.2) is 18.2 Å². The quantitative estimate of drug-likeness (QED) is 0.787. The van der Waals surface area contributed by atoms with Crippen molar-refractivity contribution in [3.63, 3.8) is 0 Å². The molecule has 1 aromatic rings. The van der Waals surface area contributed by atoms with Crippen LogP contribution in [0.5, 0.6) is 0 Å². The number of rotatable bonds is 3. The first-order valence-electron chi connectivity index (χ1n) is 5.45. The predicted molar refractivity (Wildman–Crippen MR) is 69.5 cm³/mol. The van der Waals surface area contributed by atoms with Crippen molar-refractivity contribution in [2.24, 2.45) is 0 Å². The Kier molecular flexibility index (Phi) is 3.58. The molecule has 1 fully saturated rings. The summed E-state index contributed by atoms with van der Waals surface area (Å²) >= 11 is 2.01. The number of nitrogen functional groups attached to an aromatic ring is 1. The highest BCUT2D eigenvalue weighted by atomic mass is 32.2. The summed E-state index contributed by atoms with van der Waals surface area (Å²) in [6.45, 7) is 0.934. The normalized spacial score (nSPS) is 19.3. The first kappa shape index (κ1) is 11.2. The summed E-state index contributed by atoms with van der Waals surface area (Å²) in [5.74, 6) is 1.26. The number of anilines is 2. The van der Waals surface area contributed by atoms with Crippen LogP contribution < -0.4 is 11.1 Å². The first-order chi connectivity index (χ1) is 7.81. The maximum atomic E-state index is 8.86. The zero-order valence-corrected chi connectivity index (χ0v) is 9.89. The van der Waals surface area contributed by atoms with E-state index in [0.717, 1.165) is 12.2 Å².